The van der Waals surface area contributed by atoms with Crippen LogP contribution in [-0.4, -0.2) is 37.9 Å². The van der Waals surface area contributed by atoms with Crippen LogP contribution in [0.25, 0.3) is 0 Å². The summed E-state index contributed by atoms with van der Waals surface area (Å²) in [7, 11) is 0. The number of hydrogen-bond donors (Lipinski definition) is 1. The van der Waals surface area contributed by atoms with Crippen LogP contribution < -0.4 is 5.32 Å². The Morgan fingerprint density at radius 2 is 1.96 bits per heavy atom. The van der Waals surface area contributed by atoms with Crippen LogP contribution in [0.5, 0.6) is 0 Å². The first-order valence-corrected chi connectivity index (χ1v) is 9.40. The Balaban J connectivity index is 1.43. The standard InChI is InChI=1S/C21H24N6/c1-16-5-6-17(13-25-16)14-27-11-2-4-19(15-27)18-7-10-22-20(12-18)26-21-23-8-3-9-24-21/h3,5-10,12-13,19H,2,4,11,14-15H2,1H3,(H,22,23,24,26). The summed E-state index contributed by atoms with van der Waals surface area (Å²) >= 11 is 0. The number of anilines is 2. The van der Waals surface area contributed by atoms with Gasteiger partial charge in [-0.05, 0) is 67.6 Å². The lowest BCUT2D eigenvalue weighted by atomic mass is 9.91. The van der Waals surface area contributed by atoms with Crippen molar-refractivity contribution in [3.63, 3.8) is 0 Å². The van der Waals surface area contributed by atoms with Gasteiger partial charge in [0.15, 0.2) is 0 Å². The highest BCUT2D eigenvalue weighted by molar-refractivity contribution is 5.48. The van der Waals surface area contributed by atoms with Gasteiger partial charge in [-0.1, -0.05) is 6.07 Å². The van der Waals surface area contributed by atoms with Crippen LogP contribution in [0.3, 0.4) is 0 Å². The third-order valence-electron chi connectivity index (χ3n) is 4.95. The number of hydrogen-bond acceptors (Lipinski definition) is 6. The second-order valence-corrected chi connectivity index (χ2v) is 7.05. The normalized spacial score (nSPS) is 17.6. The second-order valence-electron chi connectivity index (χ2n) is 7.05. The van der Waals surface area contributed by atoms with Crippen molar-refractivity contribution in [2.75, 3.05) is 18.4 Å². The van der Waals surface area contributed by atoms with Crippen LogP contribution in [0, 0.1) is 6.92 Å². The molecule has 0 radical (unpaired) electrons. The van der Waals surface area contributed by atoms with E-state index in [1.807, 2.05) is 19.3 Å². The van der Waals surface area contributed by atoms with Gasteiger partial charge in [0.05, 0.1) is 0 Å². The minimum absolute atomic E-state index is 0.511. The highest BCUT2D eigenvalue weighted by Gasteiger charge is 2.22. The molecule has 3 aromatic heterocycles. The zero-order chi connectivity index (χ0) is 18.5. The van der Waals surface area contributed by atoms with E-state index in [0.717, 1.165) is 31.1 Å². The fourth-order valence-electron chi connectivity index (χ4n) is 3.57. The molecule has 1 saturated heterocycles. The van der Waals surface area contributed by atoms with Gasteiger partial charge in [0.25, 0.3) is 0 Å². The number of likely N-dealkylation sites (tertiary alicyclic amines) is 1. The van der Waals surface area contributed by atoms with Crippen LogP contribution in [-0.2, 0) is 6.54 Å². The molecule has 0 aliphatic carbocycles. The van der Waals surface area contributed by atoms with E-state index >= 15 is 0 Å². The van der Waals surface area contributed by atoms with Gasteiger partial charge >= 0.3 is 0 Å². The maximum atomic E-state index is 4.42. The minimum atomic E-state index is 0.511. The van der Waals surface area contributed by atoms with E-state index in [9.17, 15) is 0 Å². The first-order chi connectivity index (χ1) is 13.3. The van der Waals surface area contributed by atoms with Crippen molar-refractivity contribution in [3.05, 3.63) is 71.9 Å². The van der Waals surface area contributed by atoms with Gasteiger partial charge in [-0.2, -0.15) is 0 Å². The molecule has 1 atom stereocenters. The smallest absolute Gasteiger partial charge is 0.228 e. The molecule has 1 N–H and O–H groups in total. The largest absolute Gasteiger partial charge is 0.309 e. The molecule has 138 valence electrons. The highest BCUT2D eigenvalue weighted by Crippen LogP contribution is 2.29. The lowest BCUT2D eigenvalue weighted by molar-refractivity contribution is 0.200. The van der Waals surface area contributed by atoms with E-state index in [0.29, 0.717) is 11.9 Å². The summed E-state index contributed by atoms with van der Waals surface area (Å²) in [5, 5.41) is 3.18. The van der Waals surface area contributed by atoms with E-state index in [2.05, 4.69) is 54.4 Å². The summed E-state index contributed by atoms with van der Waals surface area (Å²) in [5.74, 6) is 1.87. The molecule has 3 aromatic rings. The molecule has 1 unspecified atom stereocenters. The lowest BCUT2D eigenvalue weighted by Gasteiger charge is -2.33. The molecule has 0 bridgehead atoms. The monoisotopic (exact) mass is 360 g/mol. The number of rotatable bonds is 5. The average molecular weight is 360 g/mol. The Hall–Kier alpha value is -2.86. The molecule has 6 heteroatoms. The Bertz CT molecular complexity index is 865. The molecule has 0 spiro atoms. The zero-order valence-electron chi connectivity index (χ0n) is 15.5. The zero-order valence-corrected chi connectivity index (χ0v) is 15.5. The van der Waals surface area contributed by atoms with E-state index in [1.165, 1.54) is 24.0 Å². The van der Waals surface area contributed by atoms with Gasteiger partial charge < -0.3 is 5.32 Å². The van der Waals surface area contributed by atoms with Crippen LogP contribution in [0.1, 0.15) is 35.6 Å². The van der Waals surface area contributed by atoms with Gasteiger partial charge in [-0.3, -0.25) is 9.88 Å². The van der Waals surface area contributed by atoms with E-state index < -0.39 is 0 Å². The van der Waals surface area contributed by atoms with Crippen LogP contribution >= 0.6 is 0 Å². The van der Waals surface area contributed by atoms with Crippen molar-refractivity contribution in [1.29, 1.82) is 0 Å². The highest BCUT2D eigenvalue weighted by atomic mass is 15.1. The molecule has 6 nitrogen and oxygen atoms in total. The quantitative estimate of drug-likeness (QED) is 0.748. The number of aryl methyl sites for hydroxylation is 1. The van der Waals surface area contributed by atoms with Crippen molar-refractivity contribution < 1.29 is 0 Å². The maximum Gasteiger partial charge on any atom is 0.228 e. The molecule has 27 heavy (non-hydrogen) atoms. The van der Waals surface area contributed by atoms with Crippen LogP contribution in [0.2, 0.25) is 0 Å². The van der Waals surface area contributed by atoms with Crippen molar-refractivity contribution in [2.24, 2.45) is 0 Å². The molecule has 0 amide bonds. The van der Waals surface area contributed by atoms with Gasteiger partial charge in [-0.25, -0.2) is 15.0 Å². The van der Waals surface area contributed by atoms with Crippen LogP contribution in [0.4, 0.5) is 11.8 Å². The number of piperidine rings is 1. The predicted octanol–water partition coefficient (Wildman–Crippen LogP) is 3.70. The third kappa shape index (κ3) is 4.65. The number of aromatic nitrogens is 4. The summed E-state index contributed by atoms with van der Waals surface area (Å²) in [6, 6.07) is 10.3. The molecule has 4 rings (SSSR count). The van der Waals surface area contributed by atoms with Gasteiger partial charge in [0.2, 0.25) is 5.95 Å². The predicted molar refractivity (Wildman–Crippen MR) is 106 cm³/mol. The van der Waals surface area contributed by atoms with Crippen molar-refractivity contribution in [3.8, 4) is 0 Å². The Labute approximate surface area is 159 Å². The van der Waals surface area contributed by atoms with E-state index in [4.69, 9.17) is 0 Å². The van der Waals surface area contributed by atoms with Gasteiger partial charge in [-0.15, -0.1) is 0 Å². The topological polar surface area (TPSA) is 66.8 Å². The van der Waals surface area contributed by atoms with Crippen LogP contribution in [0.15, 0.2) is 55.1 Å². The first-order valence-electron chi connectivity index (χ1n) is 9.40. The molecule has 1 aliphatic rings. The summed E-state index contributed by atoms with van der Waals surface area (Å²) in [5.41, 5.74) is 3.66. The van der Waals surface area contributed by atoms with Crippen molar-refractivity contribution in [2.45, 2.75) is 32.2 Å². The first kappa shape index (κ1) is 17.5. The number of pyridine rings is 2. The molecule has 0 saturated carbocycles. The SMILES string of the molecule is Cc1ccc(CN2CCCC(c3ccnc(Nc4ncccn4)c3)C2)cn1. The van der Waals surface area contributed by atoms with Crippen molar-refractivity contribution >= 4 is 11.8 Å². The third-order valence-corrected chi connectivity index (χ3v) is 4.95. The average Bonchev–Trinajstić information content (AvgIpc) is 2.71. The van der Waals surface area contributed by atoms with Crippen molar-refractivity contribution in [1.82, 2.24) is 24.8 Å². The van der Waals surface area contributed by atoms with E-state index in [1.54, 1.807) is 18.5 Å². The molecular weight excluding hydrogens is 336 g/mol. The fourth-order valence-corrected chi connectivity index (χ4v) is 3.57. The Morgan fingerprint density at radius 3 is 2.78 bits per heavy atom. The number of nitrogens with zero attached hydrogens (tertiary/aromatic N) is 5. The lowest BCUT2D eigenvalue weighted by Crippen LogP contribution is -2.33. The Kier molecular flexibility index (Phi) is 5.34. The van der Waals surface area contributed by atoms with Gasteiger partial charge in [0.1, 0.15) is 5.82 Å². The summed E-state index contributed by atoms with van der Waals surface area (Å²) < 4.78 is 0. The molecule has 4 heterocycles. The second kappa shape index (κ2) is 8.22. The summed E-state index contributed by atoms with van der Waals surface area (Å²) in [6.07, 6.45) is 9.71. The van der Waals surface area contributed by atoms with E-state index in [-0.39, 0.29) is 0 Å². The number of nitrogens with one attached hydrogen (secondary N) is 1. The summed E-state index contributed by atoms with van der Waals surface area (Å²) in [6.45, 7) is 5.17. The van der Waals surface area contributed by atoms with Gasteiger partial charge in [0, 0.05) is 43.6 Å². The fraction of sp³-hybridized carbons (Fsp3) is 0.333. The minimum Gasteiger partial charge on any atom is -0.309 e. The molecule has 1 fully saturated rings. The Morgan fingerprint density at radius 1 is 1.07 bits per heavy atom. The maximum absolute atomic E-state index is 4.42. The molecule has 1 aliphatic heterocycles. The molecular formula is C21H24N6. The molecule has 0 aromatic carbocycles. The summed E-state index contributed by atoms with van der Waals surface area (Å²) in [4.78, 5) is 19.8.